The van der Waals surface area contributed by atoms with Crippen molar-refractivity contribution in [3.8, 4) is 11.1 Å². The molecule has 0 aliphatic rings. The Kier molecular flexibility index (Phi) is 3.25. The molecule has 0 aliphatic carbocycles. The van der Waals surface area contributed by atoms with Gasteiger partial charge in [-0.25, -0.2) is 0 Å². The first-order valence-electron chi connectivity index (χ1n) is 5.03. The van der Waals surface area contributed by atoms with Gasteiger partial charge >= 0.3 is 0 Å². The average molecular weight is 278 g/mol. The summed E-state index contributed by atoms with van der Waals surface area (Å²) in [5, 5.41) is 0.833. The van der Waals surface area contributed by atoms with Crippen LogP contribution in [0, 0.1) is 0 Å². The maximum atomic E-state index is 11.9. The molecule has 0 radical (unpaired) electrons. The maximum absolute atomic E-state index is 11.9. The molecule has 0 fully saturated rings. The minimum absolute atomic E-state index is 0.0362. The first kappa shape index (κ1) is 11.1. The second-order valence-corrected chi connectivity index (χ2v) is 4.23. The molecule has 0 aliphatic heterocycles. The second-order valence-electron chi connectivity index (χ2n) is 3.67. The Morgan fingerprint density at radius 3 is 2.50 bits per heavy atom. The van der Waals surface area contributed by atoms with Crippen molar-refractivity contribution in [2.75, 3.05) is 0 Å². The monoisotopic (exact) mass is 277 g/mol. The molecule has 2 aromatic rings. The highest BCUT2D eigenvalue weighted by Crippen LogP contribution is 2.16. The van der Waals surface area contributed by atoms with Crippen LogP contribution in [0.4, 0.5) is 0 Å². The number of halogens is 1. The van der Waals surface area contributed by atoms with Crippen LogP contribution in [-0.2, 0) is 12.4 Å². The molecular weight excluding hydrogens is 266 g/mol. The van der Waals surface area contributed by atoms with E-state index < -0.39 is 0 Å². The molecule has 0 bridgehead atoms. The Morgan fingerprint density at radius 1 is 1.19 bits per heavy atom. The minimum Gasteiger partial charge on any atom is -0.318 e. The summed E-state index contributed by atoms with van der Waals surface area (Å²) in [6.45, 7) is 0. The van der Waals surface area contributed by atoms with Crippen LogP contribution in [0.2, 0.25) is 0 Å². The molecule has 0 amide bonds. The summed E-state index contributed by atoms with van der Waals surface area (Å²) in [6.07, 6.45) is 1.76. The van der Waals surface area contributed by atoms with Gasteiger partial charge in [-0.05, 0) is 23.3 Å². The number of benzene rings is 1. The summed E-state index contributed by atoms with van der Waals surface area (Å²) in [4.78, 5) is 11.9. The van der Waals surface area contributed by atoms with Crippen LogP contribution in [0.3, 0.4) is 0 Å². The van der Waals surface area contributed by atoms with E-state index in [9.17, 15) is 4.79 Å². The lowest BCUT2D eigenvalue weighted by Crippen LogP contribution is -2.17. The van der Waals surface area contributed by atoms with E-state index in [2.05, 4.69) is 15.9 Å². The predicted octanol–water partition coefficient (Wildman–Crippen LogP) is 2.95. The summed E-state index contributed by atoms with van der Waals surface area (Å²) in [5.74, 6) is 0. The van der Waals surface area contributed by atoms with Crippen molar-refractivity contribution in [1.82, 2.24) is 4.57 Å². The number of nitrogens with zero attached hydrogens (tertiary/aromatic N) is 1. The number of hydrogen-bond acceptors (Lipinski definition) is 1. The fourth-order valence-electron chi connectivity index (χ4n) is 1.59. The van der Waals surface area contributed by atoms with Gasteiger partial charge in [-0.15, -0.1) is 0 Å². The number of hydrogen-bond donors (Lipinski definition) is 0. The molecule has 1 heterocycles. The summed E-state index contributed by atoms with van der Waals surface area (Å²) in [6, 6.07) is 11.7. The molecule has 0 saturated carbocycles. The fourth-order valence-corrected chi connectivity index (χ4v) is 1.96. The van der Waals surface area contributed by atoms with Crippen molar-refractivity contribution in [3.05, 3.63) is 58.5 Å². The van der Waals surface area contributed by atoms with Crippen LogP contribution in [0.1, 0.15) is 5.56 Å². The Morgan fingerprint density at radius 2 is 1.88 bits per heavy atom. The van der Waals surface area contributed by atoms with E-state index >= 15 is 0 Å². The lowest BCUT2D eigenvalue weighted by molar-refractivity contribution is 0.863. The highest BCUT2D eigenvalue weighted by molar-refractivity contribution is 9.08. The minimum atomic E-state index is 0.0362. The predicted molar refractivity (Wildman–Crippen MR) is 69.8 cm³/mol. The van der Waals surface area contributed by atoms with Gasteiger partial charge in [0.1, 0.15) is 0 Å². The third kappa shape index (κ3) is 2.09. The van der Waals surface area contributed by atoms with Crippen LogP contribution < -0.4 is 5.56 Å². The van der Waals surface area contributed by atoms with Gasteiger partial charge in [0.15, 0.2) is 0 Å². The second kappa shape index (κ2) is 4.66. The Balaban J connectivity index is 2.51. The molecule has 2 nitrogen and oxygen atoms in total. The van der Waals surface area contributed by atoms with E-state index in [1.54, 1.807) is 17.8 Å². The van der Waals surface area contributed by atoms with Crippen molar-refractivity contribution < 1.29 is 0 Å². The summed E-state index contributed by atoms with van der Waals surface area (Å²) in [7, 11) is 1.76. The van der Waals surface area contributed by atoms with Gasteiger partial charge in [-0.2, -0.15) is 0 Å². The van der Waals surface area contributed by atoms with Gasteiger partial charge in [0.25, 0.3) is 5.56 Å². The molecule has 82 valence electrons. The zero-order valence-corrected chi connectivity index (χ0v) is 10.6. The fraction of sp³-hybridized carbons (Fsp3) is 0.154. The number of aromatic nitrogens is 1. The zero-order valence-electron chi connectivity index (χ0n) is 8.98. The van der Waals surface area contributed by atoms with Crippen LogP contribution in [0.25, 0.3) is 11.1 Å². The number of pyridine rings is 1. The molecule has 3 heteroatoms. The molecule has 0 saturated heterocycles. The molecule has 2 rings (SSSR count). The molecule has 1 aromatic heterocycles. The molecule has 16 heavy (non-hydrogen) atoms. The van der Waals surface area contributed by atoms with Gasteiger partial charge in [0.2, 0.25) is 0 Å². The highest BCUT2D eigenvalue weighted by Gasteiger charge is 2.03. The van der Waals surface area contributed by atoms with Crippen molar-refractivity contribution in [2.45, 2.75) is 5.33 Å². The van der Waals surface area contributed by atoms with Crippen LogP contribution in [0.15, 0.2) is 47.4 Å². The normalized spacial score (nSPS) is 10.4. The molecule has 0 unspecified atom stereocenters. The van der Waals surface area contributed by atoms with Crippen LogP contribution >= 0.6 is 15.9 Å². The first-order valence-corrected chi connectivity index (χ1v) is 6.15. The Bertz CT molecular complexity index is 543. The van der Waals surface area contributed by atoms with Gasteiger partial charge < -0.3 is 4.57 Å². The largest absolute Gasteiger partial charge is 0.318 e. The topological polar surface area (TPSA) is 22.0 Å². The highest BCUT2D eigenvalue weighted by atomic mass is 79.9. The lowest BCUT2D eigenvalue weighted by atomic mass is 10.1. The van der Waals surface area contributed by atoms with Gasteiger partial charge in [-0.3, -0.25) is 4.79 Å². The van der Waals surface area contributed by atoms with E-state index in [0.717, 1.165) is 16.5 Å². The van der Waals surface area contributed by atoms with Gasteiger partial charge in [0.05, 0.1) is 0 Å². The summed E-state index contributed by atoms with van der Waals surface area (Å²) in [5.41, 5.74) is 2.95. The number of rotatable bonds is 2. The van der Waals surface area contributed by atoms with Gasteiger partial charge in [-0.1, -0.05) is 40.2 Å². The maximum Gasteiger partial charge on any atom is 0.258 e. The molecule has 0 spiro atoms. The number of alkyl halides is 1. The zero-order chi connectivity index (χ0) is 11.5. The number of aryl methyl sites for hydroxylation is 1. The van der Waals surface area contributed by atoms with Crippen LogP contribution in [0.5, 0.6) is 0 Å². The van der Waals surface area contributed by atoms with E-state index in [0.29, 0.717) is 0 Å². The SMILES string of the molecule is Cn1cccc(-c2ccc(CBr)cc2)c1=O. The van der Waals surface area contributed by atoms with Crippen molar-refractivity contribution in [2.24, 2.45) is 7.05 Å². The summed E-state index contributed by atoms with van der Waals surface area (Å²) < 4.78 is 1.59. The van der Waals surface area contributed by atoms with E-state index in [1.807, 2.05) is 36.4 Å². The third-order valence-corrected chi connectivity index (χ3v) is 3.19. The molecule has 1 aromatic carbocycles. The van der Waals surface area contributed by atoms with Crippen molar-refractivity contribution in [1.29, 1.82) is 0 Å². The van der Waals surface area contributed by atoms with Crippen LogP contribution in [-0.4, -0.2) is 4.57 Å². The summed E-state index contributed by atoms with van der Waals surface area (Å²) >= 11 is 3.40. The van der Waals surface area contributed by atoms with E-state index in [1.165, 1.54) is 5.56 Å². The average Bonchev–Trinajstić information content (AvgIpc) is 2.33. The third-order valence-electron chi connectivity index (χ3n) is 2.54. The lowest BCUT2D eigenvalue weighted by Gasteiger charge is -2.04. The Labute approximate surface area is 103 Å². The molecule has 0 N–H and O–H groups in total. The smallest absolute Gasteiger partial charge is 0.258 e. The quantitative estimate of drug-likeness (QED) is 0.774. The van der Waals surface area contributed by atoms with E-state index in [4.69, 9.17) is 0 Å². The standard InChI is InChI=1S/C13H12BrNO/c1-15-8-2-3-12(13(15)16)11-6-4-10(9-14)5-7-11/h2-8H,9H2,1H3. The van der Waals surface area contributed by atoms with Crippen molar-refractivity contribution in [3.63, 3.8) is 0 Å². The first-order chi connectivity index (χ1) is 7.72. The molecular formula is C13H12BrNO. The molecule has 0 atom stereocenters. The van der Waals surface area contributed by atoms with Crippen molar-refractivity contribution >= 4 is 15.9 Å². The Hall–Kier alpha value is -1.35. The van der Waals surface area contributed by atoms with E-state index in [-0.39, 0.29) is 5.56 Å². The van der Waals surface area contributed by atoms with Gasteiger partial charge in [0, 0.05) is 24.1 Å².